The molecule has 1 aliphatic heterocycles. The lowest BCUT2D eigenvalue weighted by Gasteiger charge is -2.18. The molecular formula is C13H18N2O. The zero-order valence-electron chi connectivity index (χ0n) is 9.81. The molecule has 0 radical (unpaired) electrons. The van der Waals surface area contributed by atoms with Crippen LogP contribution in [0.2, 0.25) is 0 Å². The SMILES string of the molecule is CC(C)NC1CC(=O)N(c2ccccc2)C1. The number of nitrogens with zero attached hydrogens (tertiary/aromatic N) is 1. The van der Waals surface area contributed by atoms with E-state index in [9.17, 15) is 4.79 Å². The van der Waals surface area contributed by atoms with E-state index in [4.69, 9.17) is 0 Å². The second-order valence-electron chi connectivity index (χ2n) is 4.56. The monoisotopic (exact) mass is 218 g/mol. The minimum atomic E-state index is 0.212. The third-order valence-corrected chi connectivity index (χ3v) is 2.76. The second kappa shape index (κ2) is 4.66. The van der Waals surface area contributed by atoms with Gasteiger partial charge in [-0.25, -0.2) is 0 Å². The summed E-state index contributed by atoms with van der Waals surface area (Å²) in [6.45, 7) is 4.99. The Bertz CT molecular complexity index is 361. The fourth-order valence-electron chi connectivity index (χ4n) is 2.15. The first-order chi connectivity index (χ1) is 7.66. The van der Waals surface area contributed by atoms with Gasteiger partial charge in [-0.3, -0.25) is 4.79 Å². The van der Waals surface area contributed by atoms with Gasteiger partial charge < -0.3 is 10.2 Å². The van der Waals surface area contributed by atoms with Gasteiger partial charge in [0.15, 0.2) is 0 Å². The summed E-state index contributed by atoms with van der Waals surface area (Å²) in [5, 5.41) is 3.41. The van der Waals surface area contributed by atoms with Crippen LogP contribution in [0, 0.1) is 0 Å². The number of carbonyl (C=O) groups excluding carboxylic acids is 1. The Morgan fingerprint density at radius 3 is 2.62 bits per heavy atom. The summed E-state index contributed by atoms with van der Waals surface area (Å²) in [7, 11) is 0. The number of rotatable bonds is 3. The lowest BCUT2D eigenvalue weighted by molar-refractivity contribution is -0.117. The van der Waals surface area contributed by atoms with Crippen molar-refractivity contribution in [2.24, 2.45) is 0 Å². The quantitative estimate of drug-likeness (QED) is 0.839. The molecule has 3 nitrogen and oxygen atoms in total. The fourth-order valence-corrected chi connectivity index (χ4v) is 2.15. The van der Waals surface area contributed by atoms with Crippen LogP contribution >= 0.6 is 0 Å². The van der Waals surface area contributed by atoms with Crippen LogP contribution < -0.4 is 10.2 Å². The third-order valence-electron chi connectivity index (χ3n) is 2.76. The van der Waals surface area contributed by atoms with E-state index in [0.29, 0.717) is 12.5 Å². The van der Waals surface area contributed by atoms with Crippen molar-refractivity contribution in [3.05, 3.63) is 30.3 Å². The minimum Gasteiger partial charge on any atom is -0.311 e. The maximum atomic E-state index is 11.9. The van der Waals surface area contributed by atoms with E-state index in [2.05, 4.69) is 19.2 Å². The molecule has 1 fully saturated rings. The van der Waals surface area contributed by atoms with Gasteiger partial charge in [0, 0.05) is 30.7 Å². The first-order valence-electron chi connectivity index (χ1n) is 5.78. The predicted octanol–water partition coefficient (Wildman–Crippen LogP) is 1.79. The fraction of sp³-hybridized carbons (Fsp3) is 0.462. The van der Waals surface area contributed by atoms with E-state index in [1.54, 1.807) is 0 Å². The van der Waals surface area contributed by atoms with Gasteiger partial charge in [0.05, 0.1) is 0 Å². The molecule has 1 heterocycles. The molecule has 1 atom stereocenters. The lowest BCUT2D eigenvalue weighted by Crippen LogP contribution is -2.37. The predicted molar refractivity (Wildman–Crippen MR) is 65.5 cm³/mol. The van der Waals surface area contributed by atoms with Crippen LogP contribution in [0.5, 0.6) is 0 Å². The Morgan fingerprint density at radius 1 is 1.31 bits per heavy atom. The summed E-state index contributed by atoms with van der Waals surface area (Å²) in [4.78, 5) is 13.7. The zero-order valence-corrected chi connectivity index (χ0v) is 9.81. The molecular weight excluding hydrogens is 200 g/mol. The van der Waals surface area contributed by atoms with E-state index in [-0.39, 0.29) is 11.9 Å². The zero-order chi connectivity index (χ0) is 11.5. The van der Waals surface area contributed by atoms with Crippen molar-refractivity contribution in [3.8, 4) is 0 Å². The summed E-state index contributed by atoms with van der Waals surface area (Å²) in [6.07, 6.45) is 0.604. The number of hydrogen-bond donors (Lipinski definition) is 1. The van der Waals surface area contributed by atoms with Gasteiger partial charge in [-0.2, -0.15) is 0 Å². The molecule has 0 aliphatic carbocycles. The maximum absolute atomic E-state index is 11.9. The van der Waals surface area contributed by atoms with Gasteiger partial charge in [-0.1, -0.05) is 32.0 Å². The Kier molecular flexibility index (Phi) is 3.25. The first-order valence-corrected chi connectivity index (χ1v) is 5.78. The van der Waals surface area contributed by atoms with Gasteiger partial charge >= 0.3 is 0 Å². The molecule has 16 heavy (non-hydrogen) atoms. The van der Waals surface area contributed by atoms with Gasteiger partial charge in [0.2, 0.25) is 5.91 Å². The molecule has 2 rings (SSSR count). The molecule has 1 aromatic rings. The summed E-state index contributed by atoms with van der Waals surface area (Å²) >= 11 is 0. The molecule has 1 amide bonds. The molecule has 3 heteroatoms. The number of anilines is 1. The lowest BCUT2D eigenvalue weighted by atomic mass is 10.2. The van der Waals surface area contributed by atoms with Crippen molar-refractivity contribution in [1.29, 1.82) is 0 Å². The minimum absolute atomic E-state index is 0.212. The molecule has 1 unspecified atom stereocenters. The Morgan fingerprint density at radius 2 is 2.00 bits per heavy atom. The maximum Gasteiger partial charge on any atom is 0.228 e. The Balaban J connectivity index is 2.06. The molecule has 0 bridgehead atoms. The number of amides is 1. The average molecular weight is 218 g/mol. The van der Waals surface area contributed by atoms with E-state index >= 15 is 0 Å². The topological polar surface area (TPSA) is 32.3 Å². The van der Waals surface area contributed by atoms with E-state index in [1.165, 1.54) is 0 Å². The van der Waals surface area contributed by atoms with Crippen molar-refractivity contribution in [2.75, 3.05) is 11.4 Å². The van der Waals surface area contributed by atoms with Crippen molar-refractivity contribution >= 4 is 11.6 Å². The average Bonchev–Trinajstić information content (AvgIpc) is 2.60. The first kappa shape index (κ1) is 11.1. The summed E-state index contributed by atoms with van der Waals surface area (Å²) in [5.74, 6) is 0.212. The standard InChI is InChI=1S/C13H18N2O/c1-10(2)14-11-8-13(16)15(9-11)12-6-4-3-5-7-12/h3-7,10-11,14H,8-9H2,1-2H3. The van der Waals surface area contributed by atoms with Crippen LogP contribution in [-0.2, 0) is 4.79 Å². The van der Waals surface area contributed by atoms with Crippen LogP contribution in [0.4, 0.5) is 5.69 Å². The highest BCUT2D eigenvalue weighted by atomic mass is 16.2. The van der Waals surface area contributed by atoms with Crippen molar-refractivity contribution in [1.82, 2.24) is 5.32 Å². The van der Waals surface area contributed by atoms with E-state index in [1.807, 2.05) is 35.2 Å². The molecule has 0 aromatic heterocycles. The number of para-hydroxylation sites is 1. The van der Waals surface area contributed by atoms with Crippen LogP contribution in [0.1, 0.15) is 20.3 Å². The third kappa shape index (κ3) is 2.42. The smallest absolute Gasteiger partial charge is 0.228 e. The van der Waals surface area contributed by atoms with Crippen molar-refractivity contribution in [2.45, 2.75) is 32.4 Å². The molecule has 0 saturated carbocycles. The number of benzene rings is 1. The van der Waals surface area contributed by atoms with Gasteiger partial charge in [0.25, 0.3) is 0 Å². The van der Waals surface area contributed by atoms with Crippen LogP contribution in [-0.4, -0.2) is 24.5 Å². The van der Waals surface area contributed by atoms with Gasteiger partial charge in [-0.15, -0.1) is 0 Å². The van der Waals surface area contributed by atoms with Crippen LogP contribution in [0.3, 0.4) is 0 Å². The number of carbonyl (C=O) groups is 1. The highest BCUT2D eigenvalue weighted by Crippen LogP contribution is 2.21. The van der Waals surface area contributed by atoms with Gasteiger partial charge in [0.1, 0.15) is 0 Å². The molecule has 1 N–H and O–H groups in total. The van der Waals surface area contributed by atoms with Crippen LogP contribution in [0.15, 0.2) is 30.3 Å². The van der Waals surface area contributed by atoms with E-state index in [0.717, 1.165) is 12.2 Å². The second-order valence-corrected chi connectivity index (χ2v) is 4.56. The number of nitrogens with one attached hydrogen (secondary N) is 1. The number of hydrogen-bond acceptors (Lipinski definition) is 2. The van der Waals surface area contributed by atoms with E-state index < -0.39 is 0 Å². The molecule has 1 aromatic carbocycles. The molecule has 1 saturated heterocycles. The highest BCUT2D eigenvalue weighted by molar-refractivity contribution is 5.96. The summed E-state index contributed by atoms with van der Waals surface area (Å²) in [6, 6.07) is 10.6. The Hall–Kier alpha value is -1.35. The normalized spacial score (nSPS) is 20.8. The highest BCUT2D eigenvalue weighted by Gasteiger charge is 2.30. The van der Waals surface area contributed by atoms with Crippen LogP contribution in [0.25, 0.3) is 0 Å². The molecule has 0 spiro atoms. The molecule has 1 aliphatic rings. The van der Waals surface area contributed by atoms with Crippen molar-refractivity contribution in [3.63, 3.8) is 0 Å². The van der Waals surface area contributed by atoms with Gasteiger partial charge in [-0.05, 0) is 12.1 Å². The molecule has 86 valence electrons. The summed E-state index contributed by atoms with van der Waals surface area (Å²) in [5.41, 5.74) is 1.00. The Labute approximate surface area is 96.5 Å². The summed E-state index contributed by atoms with van der Waals surface area (Å²) < 4.78 is 0. The van der Waals surface area contributed by atoms with Crippen molar-refractivity contribution < 1.29 is 4.79 Å². The largest absolute Gasteiger partial charge is 0.311 e.